The average Bonchev–Trinajstić information content (AvgIpc) is 3.06. The standard InChI is InChI=1S/C26H25N/c1-20-18-19-25(21(20)2)27-26(22-12-6-3-7-13-22,23-14-8-4-9-15-23)24-16-10-5-11-17-24/h3-17,27H,1,18-19H2,2H3. The van der Waals surface area contributed by atoms with E-state index >= 15 is 0 Å². The first-order valence-corrected chi connectivity index (χ1v) is 9.54. The molecule has 1 N–H and O–H groups in total. The van der Waals surface area contributed by atoms with E-state index in [9.17, 15) is 0 Å². The second kappa shape index (κ2) is 7.28. The average molecular weight is 351 g/mol. The van der Waals surface area contributed by atoms with Crippen molar-refractivity contribution >= 4 is 0 Å². The fourth-order valence-corrected chi connectivity index (χ4v) is 4.03. The Morgan fingerprint density at radius 1 is 0.667 bits per heavy atom. The van der Waals surface area contributed by atoms with Crippen molar-refractivity contribution in [2.24, 2.45) is 0 Å². The molecule has 1 aliphatic carbocycles. The fourth-order valence-electron chi connectivity index (χ4n) is 4.03. The van der Waals surface area contributed by atoms with E-state index in [0.29, 0.717) is 0 Å². The molecular weight excluding hydrogens is 326 g/mol. The molecule has 134 valence electrons. The van der Waals surface area contributed by atoms with E-state index in [1.807, 2.05) is 0 Å². The zero-order valence-electron chi connectivity index (χ0n) is 15.8. The Morgan fingerprint density at radius 3 is 1.41 bits per heavy atom. The van der Waals surface area contributed by atoms with Gasteiger partial charge in [-0.1, -0.05) is 103 Å². The minimum atomic E-state index is -0.439. The molecule has 0 saturated heterocycles. The summed E-state index contributed by atoms with van der Waals surface area (Å²) in [6.07, 6.45) is 2.04. The molecule has 3 aromatic rings. The van der Waals surface area contributed by atoms with E-state index in [0.717, 1.165) is 12.8 Å². The van der Waals surface area contributed by atoms with Gasteiger partial charge >= 0.3 is 0 Å². The number of rotatable bonds is 5. The molecule has 0 saturated carbocycles. The predicted molar refractivity (Wildman–Crippen MR) is 113 cm³/mol. The van der Waals surface area contributed by atoms with E-state index in [2.05, 4.69) is 110 Å². The molecule has 27 heavy (non-hydrogen) atoms. The van der Waals surface area contributed by atoms with E-state index in [1.165, 1.54) is 33.5 Å². The van der Waals surface area contributed by atoms with Crippen molar-refractivity contribution in [3.05, 3.63) is 131 Å². The Labute approximate surface area is 162 Å². The summed E-state index contributed by atoms with van der Waals surface area (Å²) in [5.74, 6) is 0. The molecule has 0 radical (unpaired) electrons. The lowest BCUT2D eigenvalue weighted by molar-refractivity contribution is 0.518. The first-order valence-electron chi connectivity index (χ1n) is 9.54. The van der Waals surface area contributed by atoms with Gasteiger partial charge in [0.25, 0.3) is 0 Å². The number of benzene rings is 3. The van der Waals surface area contributed by atoms with Crippen LogP contribution in [0, 0.1) is 0 Å². The van der Waals surface area contributed by atoms with Crippen LogP contribution in [0.3, 0.4) is 0 Å². The van der Waals surface area contributed by atoms with Crippen molar-refractivity contribution in [3.63, 3.8) is 0 Å². The Morgan fingerprint density at radius 2 is 1.07 bits per heavy atom. The second-order valence-corrected chi connectivity index (χ2v) is 7.18. The van der Waals surface area contributed by atoms with Gasteiger partial charge in [-0.05, 0) is 42.0 Å². The summed E-state index contributed by atoms with van der Waals surface area (Å²) in [5, 5.41) is 3.98. The van der Waals surface area contributed by atoms with Crippen molar-refractivity contribution in [3.8, 4) is 0 Å². The van der Waals surface area contributed by atoms with Crippen LogP contribution in [-0.4, -0.2) is 0 Å². The molecule has 1 aliphatic rings. The highest BCUT2D eigenvalue weighted by atomic mass is 15.0. The summed E-state index contributed by atoms with van der Waals surface area (Å²) in [4.78, 5) is 0. The predicted octanol–water partition coefficient (Wildman–Crippen LogP) is 6.19. The van der Waals surface area contributed by atoms with Crippen molar-refractivity contribution in [2.75, 3.05) is 0 Å². The van der Waals surface area contributed by atoms with Crippen molar-refractivity contribution in [1.82, 2.24) is 5.32 Å². The maximum atomic E-state index is 4.24. The highest BCUT2D eigenvalue weighted by Gasteiger charge is 2.37. The summed E-state index contributed by atoms with van der Waals surface area (Å²) < 4.78 is 0. The highest BCUT2D eigenvalue weighted by molar-refractivity contribution is 5.52. The van der Waals surface area contributed by atoms with Gasteiger partial charge in [0.15, 0.2) is 0 Å². The number of hydrogen-bond acceptors (Lipinski definition) is 1. The van der Waals surface area contributed by atoms with Crippen LogP contribution < -0.4 is 5.32 Å². The molecule has 0 heterocycles. The SMILES string of the molecule is C=C1CCC(NC(c2ccccc2)(c2ccccc2)c2ccccc2)=C1C. The smallest absolute Gasteiger partial charge is 0.114 e. The lowest BCUT2D eigenvalue weighted by Crippen LogP contribution is -2.44. The quantitative estimate of drug-likeness (QED) is 0.540. The van der Waals surface area contributed by atoms with Gasteiger partial charge in [0, 0.05) is 5.70 Å². The second-order valence-electron chi connectivity index (χ2n) is 7.18. The molecule has 0 aliphatic heterocycles. The van der Waals surface area contributed by atoms with Gasteiger partial charge in [-0.25, -0.2) is 0 Å². The van der Waals surface area contributed by atoms with E-state index in [1.54, 1.807) is 0 Å². The van der Waals surface area contributed by atoms with Gasteiger partial charge in [-0.2, -0.15) is 0 Å². The van der Waals surface area contributed by atoms with Crippen molar-refractivity contribution in [2.45, 2.75) is 25.3 Å². The zero-order valence-corrected chi connectivity index (χ0v) is 15.8. The zero-order chi connectivity index (χ0) is 18.7. The van der Waals surface area contributed by atoms with Crippen LogP contribution in [0.5, 0.6) is 0 Å². The summed E-state index contributed by atoms with van der Waals surface area (Å²) in [6.45, 7) is 6.42. The normalized spacial score (nSPS) is 14.5. The molecule has 0 unspecified atom stereocenters. The minimum Gasteiger partial charge on any atom is -0.371 e. The third-order valence-corrected chi connectivity index (χ3v) is 5.62. The monoisotopic (exact) mass is 351 g/mol. The van der Waals surface area contributed by atoms with Crippen LogP contribution in [0.1, 0.15) is 36.5 Å². The first kappa shape index (κ1) is 17.4. The van der Waals surface area contributed by atoms with Crippen LogP contribution in [0.2, 0.25) is 0 Å². The molecule has 0 aromatic heterocycles. The van der Waals surface area contributed by atoms with Gasteiger partial charge in [0.2, 0.25) is 0 Å². The third kappa shape index (κ3) is 3.10. The number of hydrogen-bond donors (Lipinski definition) is 1. The van der Waals surface area contributed by atoms with Gasteiger partial charge in [-0.15, -0.1) is 0 Å². The topological polar surface area (TPSA) is 12.0 Å². The Kier molecular flexibility index (Phi) is 4.68. The Hall–Kier alpha value is -3.06. The molecule has 0 fully saturated rings. The lowest BCUT2D eigenvalue weighted by Gasteiger charge is -2.38. The van der Waals surface area contributed by atoms with Crippen molar-refractivity contribution in [1.29, 1.82) is 0 Å². The Bertz CT molecular complexity index is 856. The highest BCUT2D eigenvalue weighted by Crippen LogP contribution is 2.40. The molecule has 1 heteroatoms. The molecular formula is C26H25N. The summed E-state index contributed by atoms with van der Waals surface area (Å²) in [7, 11) is 0. The maximum absolute atomic E-state index is 4.24. The Balaban J connectivity index is 1.99. The van der Waals surface area contributed by atoms with Crippen LogP contribution in [0.4, 0.5) is 0 Å². The van der Waals surface area contributed by atoms with Crippen LogP contribution in [0.15, 0.2) is 114 Å². The molecule has 1 nitrogen and oxygen atoms in total. The minimum absolute atomic E-state index is 0.439. The number of allylic oxidation sites excluding steroid dienone is 3. The first-order chi connectivity index (χ1) is 13.2. The summed E-state index contributed by atoms with van der Waals surface area (Å²) in [5.41, 5.74) is 7.09. The van der Waals surface area contributed by atoms with E-state index < -0.39 is 5.54 Å². The van der Waals surface area contributed by atoms with Gasteiger partial charge in [0.1, 0.15) is 5.54 Å². The lowest BCUT2D eigenvalue weighted by atomic mass is 9.76. The van der Waals surface area contributed by atoms with Crippen LogP contribution >= 0.6 is 0 Å². The fraction of sp³-hybridized carbons (Fsp3) is 0.154. The van der Waals surface area contributed by atoms with E-state index in [4.69, 9.17) is 0 Å². The van der Waals surface area contributed by atoms with Gasteiger partial charge in [0.05, 0.1) is 0 Å². The molecule has 0 spiro atoms. The molecule has 0 bridgehead atoms. The molecule has 0 atom stereocenters. The van der Waals surface area contributed by atoms with Crippen LogP contribution in [0.25, 0.3) is 0 Å². The molecule has 3 aromatic carbocycles. The van der Waals surface area contributed by atoms with Crippen molar-refractivity contribution < 1.29 is 0 Å². The van der Waals surface area contributed by atoms with Gasteiger partial charge in [-0.3, -0.25) is 0 Å². The largest absolute Gasteiger partial charge is 0.371 e. The number of nitrogens with one attached hydrogen (secondary N) is 1. The molecule has 0 amide bonds. The van der Waals surface area contributed by atoms with Gasteiger partial charge < -0.3 is 5.32 Å². The maximum Gasteiger partial charge on any atom is 0.114 e. The van der Waals surface area contributed by atoms with Crippen LogP contribution in [-0.2, 0) is 5.54 Å². The molecule has 4 rings (SSSR count). The summed E-state index contributed by atoms with van der Waals surface area (Å²) in [6, 6.07) is 32.2. The van der Waals surface area contributed by atoms with E-state index in [-0.39, 0.29) is 0 Å². The summed E-state index contributed by atoms with van der Waals surface area (Å²) >= 11 is 0. The third-order valence-electron chi connectivity index (χ3n) is 5.62.